The second-order valence-corrected chi connectivity index (χ2v) is 5.95. The van der Waals surface area contributed by atoms with Gasteiger partial charge in [-0.25, -0.2) is 0 Å². The maximum Gasteiger partial charge on any atom is 0.243 e. The van der Waals surface area contributed by atoms with E-state index in [2.05, 4.69) is 16.0 Å². The molecule has 0 aliphatic heterocycles. The first-order valence-electron chi connectivity index (χ1n) is 6.85. The van der Waals surface area contributed by atoms with Gasteiger partial charge < -0.3 is 16.0 Å². The SMILES string of the molecule is O=C(CNC(=S)NCc1ccccc1)Nc1cc(Cl)ccc1Cl. The maximum atomic E-state index is 11.9. The van der Waals surface area contributed by atoms with Gasteiger partial charge in [0, 0.05) is 11.6 Å². The molecule has 0 saturated carbocycles. The van der Waals surface area contributed by atoms with Crippen LogP contribution in [0.1, 0.15) is 5.56 Å². The van der Waals surface area contributed by atoms with Gasteiger partial charge in [0.1, 0.15) is 0 Å². The van der Waals surface area contributed by atoms with Crippen LogP contribution in [0.15, 0.2) is 48.5 Å². The van der Waals surface area contributed by atoms with E-state index in [0.717, 1.165) is 5.56 Å². The Bertz CT molecular complexity index is 695. The van der Waals surface area contributed by atoms with Crippen LogP contribution >= 0.6 is 35.4 Å². The standard InChI is InChI=1S/C16H15Cl2N3OS/c17-12-6-7-13(18)14(8-12)21-15(22)10-20-16(23)19-9-11-4-2-1-3-5-11/h1-8H,9-10H2,(H,21,22)(H2,19,20,23). The molecule has 0 aliphatic rings. The topological polar surface area (TPSA) is 53.2 Å². The number of thiocarbonyl (C=S) groups is 1. The summed E-state index contributed by atoms with van der Waals surface area (Å²) >= 11 is 17.0. The van der Waals surface area contributed by atoms with Crippen molar-refractivity contribution in [2.75, 3.05) is 11.9 Å². The highest BCUT2D eigenvalue weighted by atomic mass is 35.5. The first kappa shape index (κ1) is 17.5. The summed E-state index contributed by atoms with van der Waals surface area (Å²) in [6, 6.07) is 14.7. The summed E-state index contributed by atoms with van der Waals surface area (Å²) in [5, 5.41) is 9.87. The van der Waals surface area contributed by atoms with E-state index in [-0.39, 0.29) is 12.5 Å². The number of benzene rings is 2. The van der Waals surface area contributed by atoms with Gasteiger partial charge in [-0.3, -0.25) is 4.79 Å². The Morgan fingerprint density at radius 2 is 1.78 bits per heavy atom. The number of halogens is 2. The number of hydrogen-bond donors (Lipinski definition) is 3. The van der Waals surface area contributed by atoms with Crippen LogP contribution in [0, 0.1) is 0 Å². The molecule has 2 rings (SSSR count). The lowest BCUT2D eigenvalue weighted by Gasteiger charge is -2.11. The fourth-order valence-electron chi connectivity index (χ4n) is 1.79. The van der Waals surface area contributed by atoms with Gasteiger partial charge in [0.25, 0.3) is 0 Å². The summed E-state index contributed by atoms with van der Waals surface area (Å²) in [5.41, 5.74) is 1.57. The molecule has 1 amide bonds. The Labute approximate surface area is 150 Å². The lowest BCUT2D eigenvalue weighted by molar-refractivity contribution is -0.115. The molecule has 4 nitrogen and oxygen atoms in total. The van der Waals surface area contributed by atoms with Gasteiger partial charge in [0.2, 0.25) is 5.91 Å². The fraction of sp³-hybridized carbons (Fsp3) is 0.125. The monoisotopic (exact) mass is 367 g/mol. The van der Waals surface area contributed by atoms with Gasteiger partial charge in [-0.2, -0.15) is 0 Å². The van der Waals surface area contributed by atoms with Crippen LogP contribution in [0.3, 0.4) is 0 Å². The molecule has 7 heteroatoms. The Morgan fingerprint density at radius 3 is 2.52 bits per heavy atom. The summed E-state index contributed by atoms with van der Waals surface area (Å²) < 4.78 is 0. The molecule has 0 saturated heterocycles. The maximum absolute atomic E-state index is 11.9. The predicted octanol–water partition coefficient (Wildman–Crippen LogP) is 3.60. The lowest BCUT2D eigenvalue weighted by Crippen LogP contribution is -2.39. The normalized spacial score (nSPS) is 10.0. The van der Waals surface area contributed by atoms with Crippen molar-refractivity contribution in [2.45, 2.75) is 6.54 Å². The molecule has 3 N–H and O–H groups in total. The number of nitrogens with one attached hydrogen (secondary N) is 3. The molecule has 2 aromatic carbocycles. The van der Waals surface area contributed by atoms with E-state index < -0.39 is 0 Å². The van der Waals surface area contributed by atoms with E-state index in [4.69, 9.17) is 35.4 Å². The van der Waals surface area contributed by atoms with E-state index in [1.165, 1.54) is 0 Å². The van der Waals surface area contributed by atoms with E-state index in [9.17, 15) is 4.79 Å². The number of carbonyl (C=O) groups excluding carboxylic acids is 1. The van der Waals surface area contributed by atoms with Crippen molar-refractivity contribution in [3.8, 4) is 0 Å². The largest absolute Gasteiger partial charge is 0.359 e. The molecule has 2 aromatic rings. The number of amides is 1. The average molecular weight is 368 g/mol. The smallest absolute Gasteiger partial charge is 0.243 e. The van der Waals surface area contributed by atoms with Crippen molar-refractivity contribution in [3.05, 3.63) is 64.1 Å². The molecular weight excluding hydrogens is 353 g/mol. The molecule has 0 unspecified atom stereocenters. The molecular formula is C16H15Cl2N3OS. The molecule has 0 spiro atoms. The third kappa shape index (κ3) is 6.06. The first-order chi connectivity index (χ1) is 11.0. The lowest BCUT2D eigenvalue weighted by atomic mass is 10.2. The van der Waals surface area contributed by atoms with Crippen LogP contribution in [0.5, 0.6) is 0 Å². The van der Waals surface area contributed by atoms with E-state index in [1.54, 1.807) is 18.2 Å². The second-order valence-electron chi connectivity index (χ2n) is 4.69. The van der Waals surface area contributed by atoms with Crippen molar-refractivity contribution < 1.29 is 4.79 Å². The van der Waals surface area contributed by atoms with Crippen LogP contribution in [0.2, 0.25) is 10.0 Å². The van der Waals surface area contributed by atoms with Crippen molar-refractivity contribution in [1.82, 2.24) is 10.6 Å². The molecule has 0 aliphatic carbocycles. The minimum absolute atomic E-state index is 0.0312. The number of hydrogen-bond acceptors (Lipinski definition) is 2. The zero-order valence-electron chi connectivity index (χ0n) is 12.1. The Morgan fingerprint density at radius 1 is 1.04 bits per heavy atom. The highest BCUT2D eigenvalue weighted by Gasteiger charge is 2.07. The van der Waals surface area contributed by atoms with Gasteiger partial charge in [0.05, 0.1) is 17.3 Å². The summed E-state index contributed by atoms with van der Waals surface area (Å²) in [6.45, 7) is 0.623. The van der Waals surface area contributed by atoms with Crippen LogP contribution in [0.4, 0.5) is 5.69 Å². The zero-order chi connectivity index (χ0) is 16.7. The number of rotatable bonds is 5. The zero-order valence-corrected chi connectivity index (χ0v) is 14.4. The van der Waals surface area contributed by atoms with Crippen LogP contribution in [0.25, 0.3) is 0 Å². The Balaban J connectivity index is 1.75. The summed E-state index contributed by atoms with van der Waals surface area (Å²) in [5.74, 6) is -0.266. The highest BCUT2D eigenvalue weighted by Crippen LogP contribution is 2.25. The van der Waals surface area contributed by atoms with Gasteiger partial charge in [0.15, 0.2) is 5.11 Å². The van der Waals surface area contributed by atoms with Gasteiger partial charge in [-0.15, -0.1) is 0 Å². The predicted molar refractivity (Wildman–Crippen MR) is 99.0 cm³/mol. The molecule has 0 fully saturated rings. The Kier molecular flexibility index (Phi) is 6.65. The van der Waals surface area contributed by atoms with E-state index >= 15 is 0 Å². The van der Waals surface area contributed by atoms with Gasteiger partial charge >= 0.3 is 0 Å². The molecule has 120 valence electrons. The van der Waals surface area contributed by atoms with Gasteiger partial charge in [-0.1, -0.05) is 53.5 Å². The molecule has 0 heterocycles. The number of anilines is 1. The van der Waals surface area contributed by atoms with Gasteiger partial charge in [-0.05, 0) is 36.0 Å². The van der Waals surface area contributed by atoms with E-state index in [0.29, 0.717) is 27.4 Å². The molecule has 0 bridgehead atoms. The average Bonchev–Trinajstić information content (AvgIpc) is 2.55. The van der Waals surface area contributed by atoms with Crippen LogP contribution < -0.4 is 16.0 Å². The molecule has 23 heavy (non-hydrogen) atoms. The summed E-state index contributed by atoms with van der Waals surface area (Å²) in [6.07, 6.45) is 0. The Hall–Kier alpha value is -1.82. The second kappa shape index (κ2) is 8.72. The minimum Gasteiger partial charge on any atom is -0.359 e. The molecule has 0 radical (unpaired) electrons. The fourth-order valence-corrected chi connectivity index (χ4v) is 2.27. The van der Waals surface area contributed by atoms with E-state index in [1.807, 2.05) is 30.3 Å². The van der Waals surface area contributed by atoms with Crippen LogP contribution in [-0.4, -0.2) is 17.6 Å². The minimum atomic E-state index is -0.266. The number of carbonyl (C=O) groups is 1. The molecule has 0 aromatic heterocycles. The van der Waals surface area contributed by atoms with Crippen molar-refractivity contribution in [1.29, 1.82) is 0 Å². The van der Waals surface area contributed by atoms with Crippen molar-refractivity contribution in [2.24, 2.45) is 0 Å². The van der Waals surface area contributed by atoms with Crippen molar-refractivity contribution >= 4 is 52.1 Å². The third-order valence-corrected chi connectivity index (χ3v) is 3.76. The third-order valence-electron chi connectivity index (χ3n) is 2.91. The summed E-state index contributed by atoms with van der Waals surface area (Å²) in [4.78, 5) is 11.9. The first-order valence-corrected chi connectivity index (χ1v) is 8.01. The highest BCUT2D eigenvalue weighted by molar-refractivity contribution is 7.80. The van der Waals surface area contributed by atoms with Crippen LogP contribution in [-0.2, 0) is 11.3 Å². The van der Waals surface area contributed by atoms with Crippen molar-refractivity contribution in [3.63, 3.8) is 0 Å². The quantitative estimate of drug-likeness (QED) is 0.706. The summed E-state index contributed by atoms with van der Waals surface area (Å²) in [7, 11) is 0. The molecule has 0 atom stereocenters.